The molecule has 1 atom stereocenters. The van der Waals surface area contributed by atoms with Crippen LogP contribution in [0.2, 0.25) is 5.15 Å². The Morgan fingerprint density at radius 3 is 3.00 bits per heavy atom. The molecule has 0 aromatic carbocycles. The molecule has 1 aliphatic heterocycles. The van der Waals surface area contributed by atoms with Crippen molar-refractivity contribution in [3.63, 3.8) is 0 Å². The molecular weight excluding hydrogens is 302 g/mol. The van der Waals surface area contributed by atoms with Gasteiger partial charge in [0, 0.05) is 19.0 Å². The molecule has 6 nitrogen and oxygen atoms in total. The number of aromatic nitrogens is 4. The molecule has 0 saturated carbocycles. The fourth-order valence-corrected chi connectivity index (χ4v) is 3.11. The molecule has 118 valence electrons. The Morgan fingerprint density at radius 1 is 1.45 bits per heavy atom. The van der Waals surface area contributed by atoms with Gasteiger partial charge in [0.2, 0.25) is 0 Å². The van der Waals surface area contributed by atoms with Crippen molar-refractivity contribution in [3.8, 4) is 0 Å². The van der Waals surface area contributed by atoms with Gasteiger partial charge in [-0.2, -0.15) is 5.10 Å². The smallest absolute Gasteiger partial charge is 0.316 e. The summed E-state index contributed by atoms with van der Waals surface area (Å²) in [6.07, 6.45) is 2.18. The second kappa shape index (κ2) is 6.62. The molecule has 22 heavy (non-hydrogen) atoms. The van der Waals surface area contributed by atoms with Crippen molar-refractivity contribution in [2.45, 2.75) is 38.8 Å². The average molecular weight is 322 g/mol. The zero-order valence-corrected chi connectivity index (χ0v) is 13.4. The average Bonchev–Trinajstić information content (AvgIpc) is 2.84. The SMILES string of the molecule is CCn1c(C2CCCNC2)nn(Cc2cccc(Cl)n2)c1=O. The van der Waals surface area contributed by atoms with E-state index in [2.05, 4.69) is 15.4 Å². The molecule has 0 amide bonds. The van der Waals surface area contributed by atoms with Gasteiger partial charge in [0.1, 0.15) is 11.0 Å². The third-order valence-electron chi connectivity index (χ3n) is 4.01. The minimum absolute atomic E-state index is 0.0788. The van der Waals surface area contributed by atoms with E-state index >= 15 is 0 Å². The van der Waals surface area contributed by atoms with Crippen molar-refractivity contribution < 1.29 is 0 Å². The van der Waals surface area contributed by atoms with E-state index in [4.69, 9.17) is 11.6 Å². The van der Waals surface area contributed by atoms with Gasteiger partial charge < -0.3 is 5.32 Å². The van der Waals surface area contributed by atoms with Gasteiger partial charge in [0.05, 0.1) is 12.2 Å². The maximum absolute atomic E-state index is 12.5. The summed E-state index contributed by atoms with van der Waals surface area (Å²) < 4.78 is 3.26. The number of halogens is 1. The summed E-state index contributed by atoms with van der Waals surface area (Å²) in [6.45, 7) is 4.88. The van der Waals surface area contributed by atoms with E-state index in [9.17, 15) is 4.79 Å². The van der Waals surface area contributed by atoms with E-state index in [-0.39, 0.29) is 5.69 Å². The zero-order chi connectivity index (χ0) is 15.5. The second-order valence-corrected chi connectivity index (χ2v) is 5.92. The van der Waals surface area contributed by atoms with E-state index in [1.165, 1.54) is 4.68 Å². The number of pyridine rings is 1. The van der Waals surface area contributed by atoms with Crippen LogP contribution in [0.1, 0.15) is 37.2 Å². The van der Waals surface area contributed by atoms with Gasteiger partial charge >= 0.3 is 5.69 Å². The maximum Gasteiger partial charge on any atom is 0.346 e. The molecule has 1 fully saturated rings. The number of hydrogen-bond donors (Lipinski definition) is 1. The molecule has 1 aliphatic rings. The van der Waals surface area contributed by atoms with Crippen LogP contribution in [0.5, 0.6) is 0 Å². The summed E-state index contributed by atoms with van der Waals surface area (Å²) in [5.74, 6) is 1.18. The Hall–Kier alpha value is -1.66. The molecule has 0 aliphatic carbocycles. The quantitative estimate of drug-likeness (QED) is 0.869. The summed E-state index contributed by atoms with van der Waals surface area (Å²) in [4.78, 5) is 16.8. The second-order valence-electron chi connectivity index (χ2n) is 5.54. The predicted molar refractivity (Wildman–Crippen MR) is 85.4 cm³/mol. The number of hydrogen-bond acceptors (Lipinski definition) is 4. The highest BCUT2D eigenvalue weighted by molar-refractivity contribution is 6.29. The van der Waals surface area contributed by atoms with Crippen molar-refractivity contribution >= 4 is 11.6 Å². The van der Waals surface area contributed by atoms with Crippen molar-refractivity contribution in [1.82, 2.24) is 24.6 Å². The molecule has 0 radical (unpaired) electrons. The highest BCUT2D eigenvalue weighted by Gasteiger charge is 2.23. The van der Waals surface area contributed by atoms with Crippen LogP contribution in [-0.2, 0) is 13.1 Å². The molecule has 0 spiro atoms. The van der Waals surface area contributed by atoms with Crippen molar-refractivity contribution in [2.24, 2.45) is 0 Å². The van der Waals surface area contributed by atoms with Crippen molar-refractivity contribution in [1.29, 1.82) is 0 Å². The van der Waals surface area contributed by atoms with Crippen LogP contribution >= 0.6 is 11.6 Å². The largest absolute Gasteiger partial charge is 0.346 e. The summed E-state index contributed by atoms with van der Waals surface area (Å²) in [5.41, 5.74) is 0.661. The Balaban J connectivity index is 1.91. The molecule has 7 heteroatoms. The van der Waals surface area contributed by atoms with Crippen LogP contribution in [-0.4, -0.2) is 32.4 Å². The van der Waals surface area contributed by atoms with E-state index < -0.39 is 0 Å². The normalized spacial score (nSPS) is 18.5. The van der Waals surface area contributed by atoms with Gasteiger partial charge in [-0.1, -0.05) is 17.7 Å². The van der Waals surface area contributed by atoms with E-state index in [1.807, 2.05) is 19.1 Å². The molecule has 1 saturated heterocycles. The first-order valence-electron chi connectivity index (χ1n) is 7.68. The van der Waals surface area contributed by atoms with Crippen LogP contribution in [0, 0.1) is 0 Å². The minimum atomic E-state index is -0.0788. The van der Waals surface area contributed by atoms with E-state index in [0.29, 0.717) is 24.2 Å². The van der Waals surface area contributed by atoms with E-state index in [0.717, 1.165) is 37.4 Å². The Bertz CT molecular complexity index is 702. The fourth-order valence-electron chi connectivity index (χ4n) is 2.92. The lowest BCUT2D eigenvalue weighted by atomic mass is 9.99. The van der Waals surface area contributed by atoms with Crippen LogP contribution in [0.4, 0.5) is 0 Å². The molecule has 1 N–H and O–H groups in total. The Morgan fingerprint density at radius 2 is 2.32 bits per heavy atom. The summed E-state index contributed by atoms with van der Waals surface area (Å²) in [5, 5.41) is 8.38. The lowest BCUT2D eigenvalue weighted by molar-refractivity contribution is 0.431. The Kier molecular flexibility index (Phi) is 4.59. The topological polar surface area (TPSA) is 64.7 Å². The zero-order valence-electron chi connectivity index (χ0n) is 12.6. The molecule has 2 aromatic heterocycles. The summed E-state index contributed by atoms with van der Waals surface area (Å²) in [7, 11) is 0. The standard InChI is InChI=1S/C15H20ClN5O/c1-2-20-14(11-5-4-8-17-9-11)19-21(15(20)22)10-12-6-3-7-13(16)18-12/h3,6-7,11,17H,2,4-5,8-10H2,1H3. The number of piperidine rings is 1. The fraction of sp³-hybridized carbons (Fsp3) is 0.533. The Labute approximate surface area is 134 Å². The highest BCUT2D eigenvalue weighted by Crippen LogP contribution is 2.20. The van der Waals surface area contributed by atoms with Crippen LogP contribution in [0.25, 0.3) is 0 Å². The van der Waals surface area contributed by atoms with Crippen LogP contribution in [0.3, 0.4) is 0 Å². The number of nitrogens with one attached hydrogen (secondary N) is 1. The maximum atomic E-state index is 12.5. The summed E-state index contributed by atoms with van der Waals surface area (Å²) >= 11 is 5.90. The lowest BCUT2D eigenvalue weighted by Crippen LogP contribution is -2.31. The third-order valence-corrected chi connectivity index (χ3v) is 4.22. The summed E-state index contributed by atoms with van der Waals surface area (Å²) in [6, 6.07) is 5.40. The first-order chi connectivity index (χ1) is 10.7. The highest BCUT2D eigenvalue weighted by atomic mass is 35.5. The van der Waals surface area contributed by atoms with Gasteiger partial charge in [-0.25, -0.2) is 14.5 Å². The number of rotatable bonds is 4. The first kappa shape index (κ1) is 15.2. The van der Waals surface area contributed by atoms with Gasteiger partial charge in [0.25, 0.3) is 0 Å². The van der Waals surface area contributed by atoms with Gasteiger partial charge in [-0.3, -0.25) is 4.57 Å². The van der Waals surface area contributed by atoms with Crippen LogP contribution < -0.4 is 11.0 Å². The van der Waals surface area contributed by atoms with Gasteiger partial charge in [-0.15, -0.1) is 0 Å². The predicted octanol–water partition coefficient (Wildman–Crippen LogP) is 1.63. The van der Waals surface area contributed by atoms with Gasteiger partial charge in [-0.05, 0) is 38.4 Å². The molecule has 0 bridgehead atoms. The van der Waals surface area contributed by atoms with E-state index in [1.54, 1.807) is 10.6 Å². The van der Waals surface area contributed by atoms with Gasteiger partial charge in [0.15, 0.2) is 0 Å². The molecule has 3 rings (SSSR count). The molecule has 2 aromatic rings. The minimum Gasteiger partial charge on any atom is -0.316 e. The van der Waals surface area contributed by atoms with Crippen molar-refractivity contribution in [2.75, 3.05) is 13.1 Å². The van der Waals surface area contributed by atoms with Crippen molar-refractivity contribution in [3.05, 3.63) is 45.4 Å². The lowest BCUT2D eigenvalue weighted by Gasteiger charge is -2.21. The third kappa shape index (κ3) is 3.08. The number of nitrogens with zero attached hydrogens (tertiary/aromatic N) is 4. The monoisotopic (exact) mass is 321 g/mol. The van der Waals surface area contributed by atoms with Crippen LogP contribution in [0.15, 0.2) is 23.0 Å². The molecule has 1 unspecified atom stereocenters. The molecule has 3 heterocycles. The molecular formula is C15H20ClN5O. The first-order valence-corrected chi connectivity index (χ1v) is 8.06.